The van der Waals surface area contributed by atoms with E-state index in [1.807, 2.05) is 58.0 Å². The fourth-order valence-electron chi connectivity index (χ4n) is 3.07. The number of nitrogens with zero attached hydrogens (tertiary/aromatic N) is 1. The molecular formula is C25H35N3O5. The van der Waals surface area contributed by atoms with Gasteiger partial charge in [-0.3, -0.25) is 9.36 Å². The van der Waals surface area contributed by atoms with Crippen LogP contribution in [-0.4, -0.2) is 46.4 Å². The minimum atomic E-state index is -0.692. The van der Waals surface area contributed by atoms with Crippen LogP contribution in [0, 0.1) is 0 Å². The van der Waals surface area contributed by atoms with Crippen LogP contribution in [0.3, 0.4) is 0 Å². The molecule has 0 aliphatic heterocycles. The van der Waals surface area contributed by atoms with E-state index in [1.54, 1.807) is 33.0 Å². The van der Waals surface area contributed by atoms with Gasteiger partial charge in [0.15, 0.2) is 0 Å². The largest absolute Gasteiger partial charge is 0.444 e. The van der Waals surface area contributed by atoms with Gasteiger partial charge < -0.3 is 20.1 Å². The maximum Gasteiger partial charge on any atom is 0.419 e. The Bertz CT molecular complexity index is 1020. The van der Waals surface area contributed by atoms with E-state index >= 15 is 0 Å². The van der Waals surface area contributed by atoms with Crippen molar-refractivity contribution in [3.8, 4) is 0 Å². The maximum absolute atomic E-state index is 12.6. The molecular weight excluding hydrogens is 422 g/mol. The average Bonchev–Trinajstić information content (AvgIpc) is 3.05. The van der Waals surface area contributed by atoms with Gasteiger partial charge in [0.05, 0.1) is 5.52 Å². The van der Waals surface area contributed by atoms with E-state index in [0.29, 0.717) is 6.42 Å². The van der Waals surface area contributed by atoms with Gasteiger partial charge in [-0.15, -0.1) is 0 Å². The van der Waals surface area contributed by atoms with Crippen LogP contribution in [0.15, 0.2) is 36.5 Å². The van der Waals surface area contributed by atoms with Crippen molar-refractivity contribution in [2.45, 2.75) is 72.1 Å². The monoisotopic (exact) mass is 457 g/mol. The number of hydrogen-bond acceptors (Lipinski definition) is 5. The predicted octanol–water partition coefficient (Wildman–Crippen LogP) is 4.86. The van der Waals surface area contributed by atoms with E-state index in [1.165, 1.54) is 4.57 Å². The number of carbonyl (C=O) groups excluding carboxylic acids is 3. The number of hydrogen-bond donors (Lipinski definition) is 2. The second-order valence-corrected chi connectivity index (χ2v) is 9.71. The third-order valence-electron chi connectivity index (χ3n) is 4.44. The Morgan fingerprint density at radius 1 is 1.03 bits per heavy atom. The van der Waals surface area contributed by atoms with Gasteiger partial charge in [-0.2, -0.15) is 0 Å². The smallest absolute Gasteiger partial charge is 0.419 e. The van der Waals surface area contributed by atoms with E-state index < -0.39 is 29.4 Å². The zero-order chi connectivity index (χ0) is 24.8. The first kappa shape index (κ1) is 26.0. The number of para-hydroxylation sites is 1. The Hall–Kier alpha value is -3.29. The fourth-order valence-corrected chi connectivity index (χ4v) is 3.07. The molecule has 1 heterocycles. The van der Waals surface area contributed by atoms with Crippen LogP contribution < -0.4 is 10.6 Å². The summed E-state index contributed by atoms with van der Waals surface area (Å²) >= 11 is 0. The number of benzene rings is 1. The number of amides is 2. The van der Waals surface area contributed by atoms with Crippen molar-refractivity contribution in [3.63, 3.8) is 0 Å². The Labute approximate surface area is 195 Å². The molecule has 0 saturated heterocycles. The van der Waals surface area contributed by atoms with E-state index in [0.717, 1.165) is 16.5 Å². The molecule has 0 aliphatic carbocycles. The molecule has 0 radical (unpaired) electrons. The molecule has 180 valence electrons. The van der Waals surface area contributed by atoms with E-state index in [2.05, 4.69) is 10.6 Å². The molecule has 2 amide bonds. The summed E-state index contributed by atoms with van der Waals surface area (Å²) in [5.74, 6) is -0.302. The second kappa shape index (κ2) is 10.6. The highest BCUT2D eigenvalue weighted by Gasteiger charge is 2.23. The molecule has 0 fully saturated rings. The van der Waals surface area contributed by atoms with Gasteiger partial charge in [-0.25, -0.2) is 9.59 Å². The van der Waals surface area contributed by atoms with Crippen LogP contribution in [0.1, 0.15) is 60.5 Å². The molecule has 1 atom stereocenters. The van der Waals surface area contributed by atoms with Crippen molar-refractivity contribution in [1.82, 2.24) is 15.2 Å². The van der Waals surface area contributed by atoms with Crippen LogP contribution in [-0.2, 0) is 14.3 Å². The summed E-state index contributed by atoms with van der Waals surface area (Å²) in [6.45, 7) is 12.8. The second-order valence-electron chi connectivity index (χ2n) is 9.71. The first-order valence-corrected chi connectivity index (χ1v) is 11.1. The summed E-state index contributed by atoms with van der Waals surface area (Å²) in [5.41, 5.74) is 0.319. The zero-order valence-electron chi connectivity index (χ0n) is 20.5. The molecule has 0 aliphatic rings. The SMILES string of the molecule is CCC(NC(=O)OC(C)(C)C)C(=O)NCC=Cc1cn(C(=O)OC(C)(C)C)c2ccccc12. The first-order valence-electron chi connectivity index (χ1n) is 11.1. The van der Waals surface area contributed by atoms with Gasteiger partial charge in [0.25, 0.3) is 0 Å². The molecule has 8 nitrogen and oxygen atoms in total. The van der Waals surface area contributed by atoms with Crippen LogP contribution >= 0.6 is 0 Å². The highest BCUT2D eigenvalue weighted by atomic mass is 16.6. The number of fused-ring (bicyclic) bond motifs is 1. The summed E-state index contributed by atoms with van der Waals surface area (Å²) in [6, 6.07) is 6.84. The van der Waals surface area contributed by atoms with Crippen LogP contribution in [0.2, 0.25) is 0 Å². The lowest BCUT2D eigenvalue weighted by Gasteiger charge is -2.22. The number of ether oxygens (including phenoxy) is 2. The molecule has 1 unspecified atom stereocenters. The highest BCUT2D eigenvalue weighted by molar-refractivity contribution is 5.95. The van der Waals surface area contributed by atoms with Crippen molar-refractivity contribution in [3.05, 3.63) is 42.1 Å². The van der Waals surface area contributed by atoms with E-state index in [-0.39, 0.29) is 12.5 Å². The minimum absolute atomic E-state index is 0.261. The lowest BCUT2D eigenvalue weighted by Crippen LogP contribution is -2.47. The zero-order valence-corrected chi connectivity index (χ0v) is 20.5. The Morgan fingerprint density at radius 3 is 2.27 bits per heavy atom. The Kier molecular flexibility index (Phi) is 8.30. The molecule has 1 aromatic carbocycles. The minimum Gasteiger partial charge on any atom is -0.444 e. The Morgan fingerprint density at radius 2 is 1.67 bits per heavy atom. The maximum atomic E-state index is 12.6. The van der Waals surface area contributed by atoms with Gasteiger partial charge in [0.2, 0.25) is 5.91 Å². The molecule has 1 aromatic heterocycles. The third-order valence-corrected chi connectivity index (χ3v) is 4.44. The standard InChI is InChI=1S/C25H35N3O5/c1-8-19(27-22(30)32-24(2,3)4)21(29)26-15-11-12-17-16-28(23(31)33-25(5,6)7)20-14-10-9-13-18(17)20/h9-14,16,19H,8,15H2,1-7H3,(H,26,29)(H,27,30). The van der Waals surface area contributed by atoms with Gasteiger partial charge in [-0.05, 0) is 54.0 Å². The van der Waals surface area contributed by atoms with Crippen molar-refractivity contribution in [2.75, 3.05) is 6.54 Å². The van der Waals surface area contributed by atoms with Crippen molar-refractivity contribution >= 4 is 35.1 Å². The van der Waals surface area contributed by atoms with Crippen molar-refractivity contribution < 1.29 is 23.9 Å². The van der Waals surface area contributed by atoms with E-state index in [4.69, 9.17) is 9.47 Å². The number of rotatable bonds is 6. The van der Waals surface area contributed by atoms with Crippen LogP contribution in [0.4, 0.5) is 9.59 Å². The lowest BCUT2D eigenvalue weighted by atomic mass is 10.1. The van der Waals surface area contributed by atoms with Gasteiger partial charge in [0, 0.05) is 23.7 Å². The summed E-state index contributed by atoms with van der Waals surface area (Å²) in [6.07, 6.45) is 4.69. The molecule has 2 aromatic rings. The van der Waals surface area contributed by atoms with Gasteiger partial charge in [-0.1, -0.05) is 37.3 Å². The third kappa shape index (κ3) is 7.97. The van der Waals surface area contributed by atoms with Crippen molar-refractivity contribution in [1.29, 1.82) is 0 Å². The first-order chi connectivity index (χ1) is 15.3. The number of nitrogens with one attached hydrogen (secondary N) is 2. The predicted molar refractivity (Wildman–Crippen MR) is 129 cm³/mol. The Balaban J connectivity index is 2.05. The van der Waals surface area contributed by atoms with Gasteiger partial charge >= 0.3 is 12.2 Å². The molecule has 0 saturated carbocycles. The molecule has 8 heteroatoms. The number of aromatic nitrogens is 1. The summed E-state index contributed by atoms with van der Waals surface area (Å²) < 4.78 is 12.2. The van der Waals surface area contributed by atoms with Crippen LogP contribution in [0.25, 0.3) is 17.0 Å². The van der Waals surface area contributed by atoms with Crippen molar-refractivity contribution in [2.24, 2.45) is 0 Å². The highest BCUT2D eigenvalue weighted by Crippen LogP contribution is 2.23. The fraction of sp³-hybridized carbons (Fsp3) is 0.480. The van der Waals surface area contributed by atoms with Crippen LogP contribution in [0.5, 0.6) is 0 Å². The topological polar surface area (TPSA) is 98.7 Å². The quantitative estimate of drug-likeness (QED) is 0.646. The molecule has 0 spiro atoms. The lowest BCUT2D eigenvalue weighted by molar-refractivity contribution is -0.123. The number of alkyl carbamates (subject to hydrolysis) is 1. The summed E-state index contributed by atoms with van der Waals surface area (Å²) in [7, 11) is 0. The molecule has 2 N–H and O–H groups in total. The number of carbonyl (C=O) groups is 3. The summed E-state index contributed by atoms with van der Waals surface area (Å²) in [4.78, 5) is 37.0. The van der Waals surface area contributed by atoms with Gasteiger partial charge in [0.1, 0.15) is 17.2 Å². The van der Waals surface area contributed by atoms with E-state index in [9.17, 15) is 14.4 Å². The molecule has 33 heavy (non-hydrogen) atoms. The molecule has 0 bridgehead atoms. The molecule has 2 rings (SSSR count). The average molecular weight is 458 g/mol. The summed E-state index contributed by atoms with van der Waals surface area (Å²) in [5, 5.41) is 6.27. The normalized spacial score (nSPS) is 13.1.